The van der Waals surface area contributed by atoms with Crippen LogP contribution in [0, 0.1) is 20.8 Å². The van der Waals surface area contributed by atoms with Crippen LogP contribution in [-0.2, 0) is 6.54 Å². The van der Waals surface area contributed by atoms with Crippen molar-refractivity contribution in [2.75, 3.05) is 0 Å². The van der Waals surface area contributed by atoms with Gasteiger partial charge in [-0.3, -0.25) is 0 Å². The van der Waals surface area contributed by atoms with Gasteiger partial charge in [-0.05, 0) is 49.6 Å². The van der Waals surface area contributed by atoms with E-state index in [4.69, 9.17) is 10.5 Å². The second kappa shape index (κ2) is 5.19. The highest BCUT2D eigenvalue weighted by Gasteiger charge is 2.09. The molecule has 0 radical (unpaired) electrons. The third-order valence-electron chi connectivity index (χ3n) is 3.00. The Hall–Kier alpha value is -1.87. The third-order valence-corrected chi connectivity index (χ3v) is 3.00. The molecule has 1 aromatic carbocycles. The molecule has 2 N–H and O–H groups in total. The maximum atomic E-state index is 5.90. The van der Waals surface area contributed by atoms with Crippen LogP contribution in [0.3, 0.4) is 0 Å². The zero-order chi connectivity index (χ0) is 13.1. The Kier molecular flexibility index (Phi) is 3.63. The van der Waals surface area contributed by atoms with E-state index in [1.54, 1.807) is 6.20 Å². The fourth-order valence-corrected chi connectivity index (χ4v) is 1.82. The molecule has 18 heavy (non-hydrogen) atoms. The van der Waals surface area contributed by atoms with Crippen LogP contribution in [0.1, 0.15) is 22.3 Å². The van der Waals surface area contributed by atoms with Gasteiger partial charge in [0.2, 0.25) is 5.88 Å². The zero-order valence-corrected chi connectivity index (χ0v) is 11.0. The molecule has 3 heteroatoms. The molecule has 0 saturated heterocycles. The maximum absolute atomic E-state index is 5.90. The largest absolute Gasteiger partial charge is 0.438 e. The first kappa shape index (κ1) is 12.6. The fourth-order valence-electron chi connectivity index (χ4n) is 1.82. The van der Waals surface area contributed by atoms with Crippen LogP contribution in [-0.4, -0.2) is 4.98 Å². The number of rotatable bonds is 3. The van der Waals surface area contributed by atoms with Gasteiger partial charge >= 0.3 is 0 Å². The second-order valence-corrected chi connectivity index (χ2v) is 4.49. The van der Waals surface area contributed by atoms with Crippen molar-refractivity contribution < 1.29 is 4.74 Å². The van der Waals surface area contributed by atoms with Crippen LogP contribution in [0.15, 0.2) is 30.5 Å². The predicted octanol–water partition coefficient (Wildman–Crippen LogP) is 3.26. The van der Waals surface area contributed by atoms with Crippen LogP contribution >= 0.6 is 0 Å². The van der Waals surface area contributed by atoms with Crippen molar-refractivity contribution in [1.82, 2.24) is 4.98 Å². The molecule has 94 valence electrons. The molecule has 0 bridgehead atoms. The molecule has 0 fully saturated rings. The van der Waals surface area contributed by atoms with Crippen molar-refractivity contribution in [1.29, 1.82) is 0 Å². The molecule has 1 aromatic heterocycles. The van der Waals surface area contributed by atoms with Crippen LogP contribution in [0.5, 0.6) is 11.6 Å². The average molecular weight is 242 g/mol. The molecule has 0 saturated carbocycles. The van der Waals surface area contributed by atoms with Crippen molar-refractivity contribution in [3.05, 3.63) is 52.7 Å². The molecular weight excluding hydrogens is 224 g/mol. The summed E-state index contributed by atoms with van der Waals surface area (Å²) < 4.78 is 5.90. The highest BCUT2D eigenvalue weighted by molar-refractivity contribution is 5.41. The number of aryl methyl sites for hydroxylation is 3. The number of nitrogens with zero attached hydrogens (tertiary/aromatic N) is 1. The first-order valence-electron chi connectivity index (χ1n) is 6.01. The monoisotopic (exact) mass is 242 g/mol. The van der Waals surface area contributed by atoms with Crippen LogP contribution in [0.2, 0.25) is 0 Å². The normalized spacial score (nSPS) is 10.4. The number of pyridine rings is 1. The molecule has 2 rings (SSSR count). The minimum atomic E-state index is 0.430. The molecule has 1 heterocycles. The molecule has 0 aliphatic carbocycles. The zero-order valence-electron chi connectivity index (χ0n) is 11.0. The summed E-state index contributed by atoms with van der Waals surface area (Å²) in [6, 6.07) is 8.07. The Morgan fingerprint density at radius 1 is 1.11 bits per heavy atom. The lowest BCUT2D eigenvalue weighted by molar-refractivity contribution is 0.452. The van der Waals surface area contributed by atoms with Crippen molar-refractivity contribution in [2.45, 2.75) is 27.3 Å². The quantitative estimate of drug-likeness (QED) is 0.898. The van der Waals surface area contributed by atoms with Gasteiger partial charge in [-0.1, -0.05) is 12.1 Å². The van der Waals surface area contributed by atoms with Crippen molar-refractivity contribution in [3.8, 4) is 11.6 Å². The van der Waals surface area contributed by atoms with Gasteiger partial charge in [0.15, 0.2) is 0 Å². The van der Waals surface area contributed by atoms with E-state index in [2.05, 4.69) is 11.1 Å². The third kappa shape index (κ3) is 2.51. The standard InChI is InChI=1S/C15H18N2O/c1-10-4-5-12(3)14(8-10)18-15-13(9-16)11(2)6-7-17-15/h4-8H,9,16H2,1-3H3. The molecule has 0 amide bonds. The molecule has 0 aliphatic heterocycles. The van der Waals surface area contributed by atoms with Gasteiger partial charge in [0, 0.05) is 18.3 Å². The number of hydrogen-bond donors (Lipinski definition) is 1. The molecule has 0 unspecified atom stereocenters. The van der Waals surface area contributed by atoms with Gasteiger partial charge in [-0.2, -0.15) is 0 Å². The summed E-state index contributed by atoms with van der Waals surface area (Å²) in [6.07, 6.45) is 1.74. The number of hydrogen-bond acceptors (Lipinski definition) is 3. The van der Waals surface area contributed by atoms with E-state index >= 15 is 0 Å². The van der Waals surface area contributed by atoms with E-state index in [0.29, 0.717) is 12.4 Å². The van der Waals surface area contributed by atoms with Crippen LogP contribution in [0.25, 0.3) is 0 Å². The summed E-state index contributed by atoms with van der Waals surface area (Å²) in [5, 5.41) is 0. The fraction of sp³-hybridized carbons (Fsp3) is 0.267. The van der Waals surface area contributed by atoms with Crippen LogP contribution in [0.4, 0.5) is 0 Å². The Balaban J connectivity index is 2.40. The van der Waals surface area contributed by atoms with Gasteiger partial charge in [-0.15, -0.1) is 0 Å². The SMILES string of the molecule is Cc1ccc(C)c(Oc2nccc(C)c2CN)c1. The van der Waals surface area contributed by atoms with Gasteiger partial charge in [-0.25, -0.2) is 4.98 Å². The number of ether oxygens (including phenoxy) is 1. The molecule has 0 spiro atoms. The maximum Gasteiger partial charge on any atom is 0.223 e. The van der Waals surface area contributed by atoms with Gasteiger partial charge < -0.3 is 10.5 Å². The summed E-state index contributed by atoms with van der Waals surface area (Å²) in [4.78, 5) is 4.27. The number of benzene rings is 1. The lowest BCUT2D eigenvalue weighted by Crippen LogP contribution is -2.04. The van der Waals surface area contributed by atoms with E-state index in [-0.39, 0.29) is 0 Å². The molecule has 0 atom stereocenters. The summed E-state index contributed by atoms with van der Waals surface area (Å²) in [5.74, 6) is 1.44. The highest BCUT2D eigenvalue weighted by Crippen LogP contribution is 2.28. The predicted molar refractivity (Wildman–Crippen MR) is 72.9 cm³/mol. The van der Waals surface area contributed by atoms with Gasteiger partial charge in [0.1, 0.15) is 5.75 Å². The van der Waals surface area contributed by atoms with Crippen molar-refractivity contribution in [3.63, 3.8) is 0 Å². The van der Waals surface area contributed by atoms with E-state index in [9.17, 15) is 0 Å². The Labute approximate surface area is 108 Å². The Morgan fingerprint density at radius 3 is 2.61 bits per heavy atom. The second-order valence-electron chi connectivity index (χ2n) is 4.49. The van der Waals surface area contributed by atoms with E-state index < -0.39 is 0 Å². The Morgan fingerprint density at radius 2 is 1.89 bits per heavy atom. The minimum Gasteiger partial charge on any atom is -0.438 e. The minimum absolute atomic E-state index is 0.430. The summed E-state index contributed by atoms with van der Waals surface area (Å²) >= 11 is 0. The van der Waals surface area contributed by atoms with E-state index in [1.807, 2.05) is 39.0 Å². The van der Waals surface area contributed by atoms with Gasteiger partial charge in [0.25, 0.3) is 0 Å². The van der Waals surface area contributed by atoms with Gasteiger partial charge in [0.05, 0.1) is 0 Å². The summed E-state index contributed by atoms with van der Waals surface area (Å²) in [7, 11) is 0. The molecule has 2 aromatic rings. The molecule has 0 aliphatic rings. The lowest BCUT2D eigenvalue weighted by atomic mass is 10.1. The molecular formula is C15H18N2O. The van der Waals surface area contributed by atoms with Crippen molar-refractivity contribution >= 4 is 0 Å². The molecule has 3 nitrogen and oxygen atoms in total. The van der Waals surface area contributed by atoms with Crippen LogP contribution < -0.4 is 10.5 Å². The summed E-state index contributed by atoms with van der Waals surface area (Å²) in [5.41, 5.74) is 10.1. The Bertz CT molecular complexity index is 564. The number of nitrogens with two attached hydrogens (primary N) is 1. The van der Waals surface area contributed by atoms with Crippen molar-refractivity contribution in [2.24, 2.45) is 5.73 Å². The topological polar surface area (TPSA) is 48.1 Å². The van der Waals surface area contributed by atoms with E-state index in [1.165, 1.54) is 0 Å². The summed E-state index contributed by atoms with van der Waals surface area (Å²) in [6.45, 7) is 6.51. The highest BCUT2D eigenvalue weighted by atomic mass is 16.5. The lowest BCUT2D eigenvalue weighted by Gasteiger charge is -2.13. The smallest absolute Gasteiger partial charge is 0.223 e. The average Bonchev–Trinajstić information content (AvgIpc) is 2.34. The first-order valence-corrected chi connectivity index (χ1v) is 6.01. The van der Waals surface area contributed by atoms with E-state index in [0.717, 1.165) is 28.0 Å². The number of aromatic nitrogens is 1. The first-order chi connectivity index (χ1) is 8.61.